The Hall–Kier alpha value is -1.17. The number of sulfonamides is 1. The average Bonchev–Trinajstić information content (AvgIpc) is 3.12. The summed E-state index contributed by atoms with van der Waals surface area (Å²) >= 11 is 1.61. The van der Waals surface area contributed by atoms with Crippen LogP contribution in [-0.4, -0.2) is 18.8 Å². The molecule has 2 aromatic rings. The van der Waals surface area contributed by atoms with Crippen LogP contribution in [0, 0.1) is 0 Å². The molecule has 1 saturated carbocycles. The smallest absolute Gasteiger partial charge is 0.212 e. The highest BCUT2D eigenvalue weighted by Gasteiger charge is 2.37. The summed E-state index contributed by atoms with van der Waals surface area (Å²) in [5, 5.41) is 4.01. The highest BCUT2D eigenvalue weighted by atomic mass is 32.2. The summed E-state index contributed by atoms with van der Waals surface area (Å²) in [6.45, 7) is 0.503. The molecular weight excluding hydrogens is 290 g/mol. The van der Waals surface area contributed by atoms with E-state index < -0.39 is 10.0 Å². The van der Waals surface area contributed by atoms with Crippen LogP contribution in [-0.2, 0) is 22.3 Å². The number of nitrogens with zero attached hydrogens (tertiary/aromatic N) is 1. The number of hydrogen-bond donors (Lipinski definition) is 0. The molecule has 20 heavy (non-hydrogen) atoms. The van der Waals surface area contributed by atoms with Crippen LogP contribution in [0.3, 0.4) is 0 Å². The van der Waals surface area contributed by atoms with Crippen LogP contribution < -0.4 is 0 Å². The molecule has 5 heteroatoms. The van der Waals surface area contributed by atoms with Gasteiger partial charge in [0.25, 0.3) is 0 Å². The summed E-state index contributed by atoms with van der Waals surface area (Å²) in [5.74, 6) is 0.0917. The van der Waals surface area contributed by atoms with Gasteiger partial charge in [-0.05, 0) is 40.8 Å². The third kappa shape index (κ3) is 3.29. The van der Waals surface area contributed by atoms with Gasteiger partial charge in [0.15, 0.2) is 0 Å². The largest absolute Gasteiger partial charge is 0.218 e. The molecule has 0 bridgehead atoms. The van der Waals surface area contributed by atoms with Crippen molar-refractivity contribution in [3.63, 3.8) is 0 Å². The highest BCUT2D eigenvalue weighted by Crippen LogP contribution is 2.32. The van der Waals surface area contributed by atoms with Gasteiger partial charge in [-0.2, -0.15) is 15.6 Å². The normalized spacial score (nSPS) is 15.7. The van der Waals surface area contributed by atoms with Crippen LogP contribution in [0.2, 0.25) is 0 Å². The molecule has 1 aromatic carbocycles. The maximum absolute atomic E-state index is 12.6. The third-order valence-corrected chi connectivity index (χ3v) is 5.99. The van der Waals surface area contributed by atoms with Gasteiger partial charge < -0.3 is 0 Å². The van der Waals surface area contributed by atoms with Crippen LogP contribution in [0.4, 0.5) is 0 Å². The van der Waals surface area contributed by atoms with Crippen molar-refractivity contribution in [2.24, 2.45) is 0 Å². The molecule has 3 nitrogen and oxygen atoms in total. The Morgan fingerprint density at radius 1 is 1.10 bits per heavy atom. The SMILES string of the molecule is O=S(=O)(Cc1ccccc1)N(Cc1ccsc1)C1CC1. The lowest BCUT2D eigenvalue weighted by Crippen LogP contribution is -2.33. The molecule has 0 radical (unpaired) electrons. The lowest BCUT2D eigenvalue weighted by Gasteiger charge is -2.21. The van der Waals surface area contributed by atoms with Crippen molar-refractivity contribution in [1.82, 2.24) is 4.31 Å². The van der Waals surface area contributed by atoms with Crippen molar-refractivity contribution in [1.29, 1.82) is 0 Å². The highest BCUT2D eigenvalue weighted by molar-refractivity contribution is 7.88. The van der Waals surface area contributed by atoms with Crippen LogP contribution in [0.1, 0.15) is 24.0 Å². The number of benzene rings is 1. The maximum atomic E-state index is 12.6. The number of thiophene rings is 1. The second kappa shape index (κ2) is 5.68. The zero-order valence-corrected chi connectivity index (χ0v) is 12.7. The first kappa shape index (κ1) is 13.8. The molecule has 0 unspecified atom stereocenters. The van der Waals surface area contributed by atoms with E-state index in [0.717, 1.165) is 24.0 Å². The topological polar surface area (TPSA) is 37.4 Å². The van der Waals surface area contributed by atoms with Gasteiger partial charge in [-0.3, -0.25) is 0 Å². The molecule has 1 aromatic heterocycles. The Balaban J connectivity index is 1.79. The fraction of sp³-hybridized carbons (Fsp3) is 0.333. The Kier molecular flexibility index (Phi) is 3.92. The summed E-state index contributed by atoms with van der Waals surface area (Å²) in [4.78, 5) is 0. The summed E-state index contributed by atoms with van der Waals surface area (Å²) < 4.78 is 27.0. The molecule has 0 aliphatic heterocycles. The van der Waals surface area contributed by atoms with Crippen molar-refractivity contribution in [2.75, 3.05) is 0 Å². The second-order valence-corrected chi connectivity index (χ2v) is 7.85. The van der Waals surface area contributed by atoms with Crippen molar-refractivity contribution in [3.8, 4) is 0 Å². The minimum absolute atomic E-state index is 0.0917. The third-order valence-electron chi connectivity index (χ3n) is 3.42. The Morgan fingerprint density at radius 2 is 1.85 bits per heavy atom. The molecule has 106 valence electrons. The Morgan fingerprint density at radius 3 is 2.45 bits per heavy atom. The first-order valence-corrected chi connectivity index (χ1v) is 9.25. The van der Waals surface area contributed by atoms with Gasteiger partial charge in [0.2, 0.25) is 10.0 Å². The minimum atomic E-state index is -3.25. The van der Waals surface area contributed by atoms with Gasteiger partial charge in [0.1, 0.15) is 0 Å². The molecule has 3 rings (SSSR count). The maximum Gasteiger partial charge on any atom is 0.218 e. The number of hydrogen-bond acceptors (Lipinski definition) is 3. The van der Waals surface area contributed by atoms with Crippen molar-refractivity contribution in [3.05, 3.63) is 58.3 Å². The van der Waals surface area contributed by atoms with Crippen molar-refractivity contribution >= 4 is 21.4 Å². The average molecular weight is 307 g/mol. The minimum Gasteiger partial charge on any atom is -0.212 e. The zero-order valence-electron chi connectivity index (χ0n) is 11.1. The first-order chi connectivity index (χ1) is 9.65. The molecule has 0 spiro atoms. The quantitative estimate of drug-likeness (QED) is 0.821. The van der Waals surface area contributed by atoms with E-state index in [9.17, 15) is 8.42 Å². The molecule has 1 fully saturated rings. The summed E-state index contributed by atoms with van der Waals surface area (Å²) in [7, 11) is -3.25. The fourth-order valence-electron chi connectivity index (χ4n) is 2.25. The van der Waals surface area contributed by atoms with E-state index in [4.69, 9.17) is 0 Å². The van der Waals surface area contributed by atoms with Gasteiger partial charge in [-0.15, -0.1) is 0 Å². The zero-order chi connectivity index (χ0) is 14.0. The molecule has 0 atom stereocenters. The van der Waals surface area contributed by atoms with E-state index >= 15 is 0 Å². The van der Waals surface area contributed by atoms with E-state index in [1.165, 1.54) is 0 Å². The predicted molar refractivity (Wildman–Crippen MR) is 81.9 cm³/mol. The van der Waals surface area contributed by atoms with E-state index in [2.05, 4.69) is 0 Å². The van der Waals surface area contributed by atoms with Gasteiger partial charge in [-0.25, -0.2) is 8.42 Å². The molecule has 0 saturated heterocycles. The predicted octanol–water partition coefficient (Wildman–Crippen LogP) is 3.24. The summed E-state index contributed by atoms with van der Waals surface area (Å²) in [6.07, 6.45) is 1.97. The van der Waals surface area contributed by atoms with Crippen molar-refractivity contribution in [2.45, 2.75) is 31.2 Å². The molecule has 1 heterocycles. The van der Waals surface area contributed by atoms with Gasteiger partial charge >= 0.3 is 0 Å². The van der Waals surface area contributed by atoms with E-state index in [0.29, 0.717) is 6.54 Å². The fourth-order valence-corrected chi connectivity index (χ4v) is 4.70. The van der Waals surface area contributed by atoms with Crippen molar-refractivity contribution < 1.29 is 8.42 Å². The molecule has 1 aliphatic rings. The van der Waals surface area contributed by atoms with Crippen LogP contribution in [0.25, 0.3) is 0 Å². The number of rotatable bonds is 6. The first-order valence-electron chi connectivity index (χ1n) is 6.70. The van der Waals surface area contributed by atoms with Crippen LogP contribution in [0.5, 0.6) is 0 Å². The van der Waals surface area contributed by atoms with Crippen LogP contribution >= 0.6 is 11.3 Å². The van der Waals surface area contributed by atoms with Crippen LogP contribution in [0.15, 0.2) is 47.2 Å². The Labute approximate surface area is 123 Å². The Bertz CT molecular complexity index is 646. The monoisotopic (exact) mass is 307 g/mol. The van der Waals surface area contributed by atoms with Gasteiger partial charge in [-0.1, -0.05) is 30.3 Å². The van der Waals surface area contributed by atoms with E-state index in [-0.39, 0.29) is 11.8 Å². The molecule has 0 amide bonds. The van der Waals surface area contributed by atoms with E-state index in [1.54, 1.807) is 15.6 Å². The van der Waals surface area contributed by atoms with Gasteiger partial charge in [0, 0.05) is 12.6 Å². The standard InChI is InChI=1S/C15H17NO2S2/c17-20(18,12-13-4-2-1-3-5-13)16(15-6-7-15)10-14-8-9-19-11-14/h1-5,8-9,11,15H,6-7,10,12H2. The lowest BCUT2D eigenvalue weighted by atomic mass is 10.2. The summed E-state index contributed by atoms with van der Waals surface area (Å²) in [6, 6.07) is 11.6. The second-order valence-electron chi connectivity index (χ2n) is 5.15. The molecule has 1 aliphatic carbocycles. The van der Waals surface area contributed by atoms with Gasteiger partial charge in [0.05, 0.1) is 5.75 Å². The summed E-state index contributed by atoms with van der Waals surface area (Å²) in [5.41, 5.74) is 1.93. The lowest BCUT2D eigenvalue weighted by molar-refractivity contribution is 0.398. The van der Waals surface area contributed by atoms with E-state index in [1.807, 2.05) is 47.2 Å². The molecular formula is C15H17NO2S2. The molecule has 0 N–H and O–H groups in total.